The highest BCUT2D eigenvalue weighted by Gasteiger charge is 2.08. The van der Waals surface area contributed by atoms with Gasteiger partial charge in [-0.1, -0.05) is 23.9 Å². The number of nitrogens with zero attached hydrogens (tertiary/aromatic N) is 2. The van der Waals surface area contributed by atoms with Gasteiger partial charge in [0.2, 0.25) is 5.91 Å². The van der Waals surface area contributed by atoms with Crippen LogP contribution >= 0.6 is 11.8 Å². The molecule has 0 unspecified atom stereocenters. The lowest BCUT2D eigenvalue weighted by atomic mass is 10.1. The predicted octanol–water partition coefficient (Wildman–Crippen LogP) is 4.35. The van der Waals surface area contributed by atoms with Gasteiger partial charge in [0.15, 0.2) is 5.16 Å². The van der Waals surface area contributed by atoms with Crippen LogP contribution in [0.15, 0.2) is 71.0 Å². The molecule has 0 atom stereocenters. The average Bonchev–Trinajstić information content (AvgIpc) is 3.03. The topological polar surface area (TPSA) is 56.2 Å². The van der Waals surface area contributed by atoms with Gasteiger partial charge < -0.3 is 14.6 Å². The molecule has 140 valence electrons. The van der Waals surface area contributed by atoms with Crippen LogP contribution in [-0.2, 0) is 18.3 Å². The van der Waals surface area contributed by atoms with Gasteiger partial charge in [-0.25, -0.2) is 4.98 Å². The Hall–Kier alpha value is -2.87. The predicted molar refractivity (Wildman–Crippen MR) is 99.2 cm³/mol. The number of rotatable bonds is 7. The molecular formula is C19H17F2N3O2S. The summed E-state index contributed by atoms with van der Waals surface area (Å²) in [5.74, 6) is -0.128. The summed E-state index contributed by atoms with van der Waals surface area (Å²) in [5.41, 5.74) is 1.39. The molecule has 3 rings (SSSR count). The van der Waals surface area contributed by atoms with E-state index in [0.717, 1.165) is 10.1 Å². The molecule has 3 aromatic rings. The number of aryl methyl sites for hydroxylation is 1. The zero-order chi connectivity index (χ0) is 19.2. The summed E-state index contributed by atoms with van der Waals surface area (Å²) >= 11 is 1.53. The van der Waals surface area contributed by atoms with Crippen LogP contribution in [0.1, 0.15) is 5.56 Å². The minimum Gasteiger partial charge on any atom is -0.435 e. The monoisotopic (exact) mass is 389 g/mol. The van der Waals surface area contributed by atoms with Gasteiger partial charge in [0, 0.05) is 30.0 Å². The van der Waals surface area contributed by atoms with E-state index in [1.54, 1.807) is 18.3 Å². The van der Waals surface area contributed by atoms with Crippen molar-refractivity contribution in [2.75, 3.05) is 5.32 Å². The number of carbonyl (C=O) groups is 1. The Balaban J connectivity index is 1.54. The molecule has 0 saturated heterocycles. The van der Waals surface area contributed by atoms with Crippen molar-refractivity contribution in [1.82, 2.24) is 9.55 Å². The van der Waals surface area contributed by atoms with Crippen LogP contribution in [0.2, 0.25) is 0 Å². The molecule has 0 radical (unpaired) electrons. The van der Waals surface area contributed by atoms with Gasteiger partial charge in [-0.05, 0) is 42.0 Å². The van der Waals surface area contributed by atoms with E-state index in [1.807, 2.05) is 42.1 Å². The Kier molecular flexibility index (Phi) is 6.08. The highest BCUT2D eigenvalue weighted by Crippen LogP contribution is 2.26. The average molecular weight is 389 g/mol. The Labute approximate surface area is 159 Å². The maximum Gasteiger partial charge on any atom is 0.387 e. The van der Waals surface area contributed by atoms with Crippen molar-refractivity contribution < 1.29 is 18.3 Å². The molecule has 0 aliphatic rings. The van der Waals surface area contributed by atoms with Gasteiger partial charge in [0.05, 0.1) is 6.42 Å². The molecule has 5 nitrogen and oxygen atoms in total. The summed E-state index contributed by atoms with van der Waals surface area (Å²) < 4.78 is 30.5. The number of anilines is 1. The van der Waals surface area contributed by atoms with E-state index in [4.69, 9.17) is 0 Å². The first kappa shape index (κ1) is 18.9. The van der Waals surface area contributed by atoms with E-state index in [2.05, 4.69) is 15.0 Å². The lowest BCUT2D eigenvalue weighted by Gasteiger charge is -2.08. The van der Waals surface area contributed by atoms with E-state index in [9.17, 15) is 13.6 Å². The second-order valence-corrected chi connectivity index (χ2v) is 6.74. The summed E-state index contributed by atoms with van der Waals surface area (Å²) in [6, 6.07) is 13.5. The van der Waals surface area contributed by atoms with Crippen molar-refractivity contribution in [2.24, 2.45) is 7.05 Å². The molecule has 0 aliphatic carbocycles. The summed E-state index contributed by atoms with van der Waals surface area (Å²) in [7, 11) is 1.93. The lowest BCUT2D eigenvalue weighted by Crippen LogP contribution is -2.14. The first-order valence-corrected chi connectivity index (χ1v) is 8.90. The quantitative estimate of drug-likeness (QED) is 0.653. The molecule has 1 N–H and O–H groups in total. The smallest absolute Gasteiger partial charge is 0.387 e. The van der Waals surface area contributed by atoms with Gasteiger partial charge in [0.1, 0.15) is 5.75 Å². The number of carbonyl (C=O) groups excluding carboxylic acids is 1. The molecule has 1 amide bonds. The number of benzene rings is 2. The van der Waals surface area contributed by atoms with E-state index < -0.39 is 6.61 Å². The number of ether oxygens (including phenoxy) is 1. The zero-order valence-electron chi connectivity index (χ0n) is 14.4. The number of aromatic nitrogens is 2. The minimum absolute atomic E-state index is 0.0648. The Bertz CT molecular complexity index is 896. The number of imidazole rings is 1. The Morgan fingerprint density at radius 1 is 1.19 bits per heavy atom. The number of alkyl halides is 2. The summed E-state index contributed by atoms with van der Waals surface area (Å²) in [6.45, 7) is -2.86. The van der Waals surface area contributed by atoms with Crippen molar-refractivity contribution in [3.8, 4) is 5.75 Å². The van der Waals surface area contributed by atoms with Crippen molar-refractivity contribution in [2.45, 2.75) is 23.1 Å². The van der Waals surface area contributed by atoms with Crippen LogP contribution in [0.5, 0.6) is 5.75 Å². The third-order valence-electron chi connectivity index (χ3n) is 3.64. The molecule has 1 heterocycles. The third kappa shape index (κ3) is 5.55. The number of nitrogens with one attached hydrogen (secondary N) is 1. The zero-order valence-corrected chi connectivity index (χ0v) is 15.2. The highest BCUT2D eigenvalue weighted by atomic mass is 32.2. The van der Waals surface area contributed by atoms with Gasteiger partial charge in [-0.2, -0.15) is 8.78 Å². The fourth-order valence-electron chi connectivity index (χ4n) is 2.34. The van der Waals surface area contributed by atoms with E-state index in [-0.39, 0.29) is 18.1 Å². The standard InChI is InChI=1S/C19H17F2N3O2S/c1-24-11-10-22-19(24)27-16-8-4-14(5-9-16)23-17(25)12-13-2-6-15(7-3-13)26-18(20)21/h2-11,18H,12H2,1H3,(H,23,25). The molecule has 8 heteroatoms. The summed E-state index contributed by atoms with van der Waals surface area (Å²) in [5, 5.41) is 3.70. The van der Waals surface area contributed by atoms with Crippen molar-refractivity contribution in [1.29, 1.82) is 0 Å². The fraction of sp³-hybridized carbons (Fsp3) is 0.158. The number of hydrogen-bond donors (Lipinski definition) is 1. The van der Waals surface area contributed by atoms with E-state index in [1.165, 1.54) is 23.9 Å². The van der Waals surface area contributed by atoms with E-state index >= 15 is 0 Å². The highest BCUT2D eigenvalue weighted by molar-refractivity contribution is 7.99. The van der Waals surface area contributed by atoms with Crippen molar-refractivity contribution in [3.05, 3.63) is 66.5 Å². The summed E-state index contributed by atoms with van der Waals surface area (Å²) in [6.07, 6.45) is 3.75. The molecular weight excluding hydrogens is 372 g/mol. The molecule has 0 spiro atoms. The van der Waals surface area contributed by atoms with Crippen molar-refractivity contribution in [3.63, 3.8) is 0 Å². The number of amides is 1. The lowest BCUT2D eigenvalue weighted by molar-refractivity contribution is -0.115. The molecule has 2 aromatic carbocycles. The van der Waals surface area contributed by atoms with Crippen LogP contribution in [0.4, 0.5) is 14.5 Å². The summed E-state index contributed by atoms with van der Waals surface area (Å²) in [4.78, 5) is 17.4. The van der Waals surface area contributed by atoms with Crippen LogP contribution in [0.3, 0.4) is 0 Å². The van der Waals surface area contributed by atoms with Gasteiger partial charge in [-0.3, -0.25) is 4.79 Å². The van der Waals surface area contributed by atoms with Crippen LogP contribution in [0, 0.1) is 0 Å². The first-order valence-electron chi connectivity index (χ1n) is 8.08. The SMILES string of the molecule is Cn1ccnc1Sc1ccc(NC(=O)Cc2ccc(OC(F)F)cc2)cc1. The van der Waals surface area contributed by atoms with Gasteiger partial charge in [-0.15, -0.1) is 0 Å². The molecule has 0 aliphatic heterocycles. The van der Waals surface area contributed by atoms with Crippen LogP contribution in [-0.4, -0.2) is 22.1 Å². The maximum absolute atomic E-state index is 12.1. The third-order valence-corrected chi connectivity index (χ3v) is 4.72. The Morgan fingerprint density at radius 3 is 2.48 bits per heavy atom. The number of halogens is 2. The minimum atomic E-state index is -2.86. The second-order valence-electron chi connectivity index (χ2n) is 5.69. The van der Waals surface area contributed by atoms with Crippen molar-refractivity contribution >= 4 is 23.4 Å². The second kappa shape index (κ2) is 8.68. The molecule has 27 heavy (non-hydrogen) atoms. The molecule has 0 saturated carbocycles. The Morgan fingerprint density at radius 2 is 1.89 bits per heavy atom. The molecule has 1 aromatic heterocycles. The van der Waals surface area contributed by atoms with Gasteiger partial charge >= 0.3 is 6.61 Å². The van der Waals surface area contributed by atoms with Gasteiger partial charge in [0.25, 0.3) is 0 Å². The normalized spacial score (nSPS) is 10.8. The van der Waals surface area contributed by atoms with Crippen LogP contribution in [0.25, 0.3) is 0 Å². The molecule has 0 fully saturated rings. The maximum atomic E-state index is 12.1. The number of hydrogen-bond acceptors (Lipinski definition) is 4. The fourth-order valence-corrected chi connectivity index (χ4v) is 3.14. The van der Waals surface area contributed by atoms with E-state index in [0.29, 0.717) is 11.3 Å². The molecule has 0 bridgehead atoms. The first-order chi connectivity index (χ1) is 13.0. The largest absolute Gasteiger partial charge is 0.435 e. The van der Waals surface area contributed by atoms with Crippen LogP contribution < -0.4 is 10.1 Å².